The number of benzene rings is 2. The Balaban J connectivity index is 1.66. The Bertz CT molecular complexity index is 909. The zero-order chi connectivity index (χ0) is 21.8. The number of hydrogen-bond donors (Lipinski definition) is 2. The summed E-state index contributed by atoms with van der Waals surface area (Å²) >= 11 is 0. The van der Waals surface area contributed by atoms with E-state index >= 15 is 0 Å². The standard InChI is InChI=1S/C23H25NO6/c1-13(2)20(22(27)30-14(3)21(25)26)24-23(28)29-12-19-17-10-6-4-8-15(17)16-9-5-7-11-18(16)19/h4-11,13-14,19-20H,12H2,1-3H3,(H,24,28)(H,25,26). The second-order valence-corrected chi connectivity index (χ2v) is 7.61. The molecule has 2 aromatic carbocycles. The van der Waals surface area contributed by atoms with Crippen LogP contribution in [0.1, 0.15) is 37.8 Å². The van der Waals surface area contributed by atoms with Crippen molar-refractivity contribution in [3.8, 4) is 11.1 Å². The SMILES string of the molecule is CC(OC(=O)C(NC(=O)OCC1c2ccccc2-c2ccccc21)C(C)C)C(=O)O. The minimum Gasteiger partial charge on any atom is -0.479 e. The first-order chi connectivity index (χ1) is 14.3. The number of rotatable bonds is 7. The van der Waals surface area contributed by atoms with Crippen molar-refractivity contribution in [1.29, 1.82) is 0 Å². The van der Waals surface area contributed by atoms with Gasteiger partial charge < -0.3 is 19.9 Å². The van der Waals surface area contributed by atoms with E-state index in [0.717, 1.165) is 22.3 Å². The molecule has 0 heterocycles. The second-order valence-electron chi connectivity index (χ2n) is 7.61. The number of esters is 1. The van der Waals surface area contributed by atoms with Crippen LogP contribution in [0.2, 0.25) is 0 Å². The summed E-state index contributed by atoms with van der Waals surface area (Å²) in [5, 5.41) is 11.4. The van der Waals surface area contributed by atoms with Gasteiger partial charge in [-0.3, -0.25) is 0 Å². The smallest absolute Gasteiger partial charge is 0.407 e. The number of hydrogen-bond acceptors (Lipinski definition) is 5. The predicted molar refractivity (Wildman–Crippen MR) is 110 cm³/mol. The molecule has 0 radical (unpaired) electrons. The van der Waals surface area contributed by atoms with E-state index in [1.807, 2.05) is 48.5 Å². The third-order valence-electron chi connectivity index (χ3n) is 5.18. The van der Waals surface area contributed by atoms with E-state index in [2.05, 4.69) is 5.32 Å². The largest absolute Gasteiger partial charge is 0.479 e. The Morgan fingerprint density at radius 3 is 2.00 bits per heavy atom. The summed E-state index contributed by atoms with van der Waals surface area (Å²) < 4.78 is 10.3. The molecule has 1 amide bonds. The van der Waals surface area contributed by atoms with Crippen molar-refractivity contribution in [1.82, 2.24) is 5.32 Å². The van der Waals surface area contributed by atoms with Gasteiger partial charge in [0.1, 0.15) is 12.6 Å². The molecule has 7 heteroatoms. The molecular weight excluding hydrogens is 386 g/mol. The summed E-state index contributed by atoms with van der Waals surface area (Å²) in [6.07, 6.45) is -2.06. The van der Waals surface area contributed by atoms with E-state index in [1.165, 1.54) is 6.92 Å². The third-order valence-corrected chi connectivity index (χ3v) is 5.18. The number of fused-ring (bicyclic) bond motifs is 3. The van der Waals surface area contributed by atoms with Gasteiger partial charge in [-0.05, 0) is 35.1 Å². The summed E-state index contributed by atoms with van der Waals surface area (Å²) in [6, 6.07) is 15.0. The zero-order valence-corrected chi connectivity index (χ0v) is 17.1. The molecule has 0 aromatic heterocycles. The molecule has 30 heavy (non-hydrogen) atoms. The van der Waals surface area contributed by atoms with Gasteiger partial charge in [0.05, 0.1) is 0 Å². The number of carboxylic acid groups (broad SMARTS) is 1. The van der Waals surface area contributed by atoms with Gasteiger partial charge >= 0.3 is 18.0 Å². The maximum Gasteiger partial charge on any atom is 0.407 e. The van der Waals surface area contributed by atoms with Gasteiger partial charge in [-0.2, -0.15) is 0 Å². The van der Waals surface area contributed by atoms with Gasteiger partial charge in [-0.1, -0.05) is 62.4 Å². The number of carboxylic acids is 1. The Hall–Kier alpha value is -3.35. The fraction of sp³-hybridized carbons (Fsp3) is 0.348. The van der Waals surface area contributed by atoms with Crippen molar-refractivity contribution in [2.24, 2.45) is 5.92 Å². The van der Waals surface area contributed by atoms with Crippen LogP contribution in [-0.2, 0) is 19.1 Å². The van der Waals surface area contributed by atoms with Crippen LogP contribution < -0.4 is 5.32 Å². The normalized spacial score (nSPS) is 14.4. The molecule has 2 atom stereocenters. The highest BCUT2D eigenvalue weighted by Gasteiger charge is 2.31. The maximum atomic E-state index is 12.4. The van der Waals surface area contributed by atoms with Crippen LogP contribution in [0.15, 0.2) is 48.5 Å². The molecular formula is C23H25NO6. The molecule has 2 N–H and O–H groups in total. The lowest BCUT2D eigenvalue weighted by Gasteiger charge is -2.22. The van der Waals surface area contributed by atoms with Crippen LogP contribution in [0.5, 0.6) is 0 Å². The highest BCUT2D eigenvalue weighted by molar-refractivity contribution is 5.84. The van der Waals surface area contributed by atoms with Gasteiger partial charge in [-0.15, -0.1) is 0 Å². The lowest BCUT2D eigenvalue weighted by atomic mass is 9.98. The topological polar surface area (TPSA) is 102 Å². The van der Waals surface area contributed by atoms with Crippen LogP contribution in [-0.4, -0.2) is 41.9 Å². The van der Waals surface area contributed by atoms with E-state index in [-0.39, 0.29) is 18.4 Å². The van der Waals surface area contributed by atoms with Gasteiger partial charge in [0.15, 0.2) is 6.10 Å². The third kappa shape index (κ3) is 4.45. The Morgan fingerprint density at radius 2 is 1.50 bits per heavy atom. The number of nitrogens with one attached hydrogen (secondary N) is 1. The van der Waals surface area contributed by atoms with Crippen LogP contribution in [0.25, 0.3) is 11.1 Å². The fourth-order valence-electron chi connectivity index (χ4n) is 3.56. The van der Waals surface area contributed by atoms with Crippen LogP contribution in [0.4, 0.5) is 4.79 Å². The lowest BCUT2D eigenvalue weighted by Crippen LogP contribution is -2.47. The van der Waals surface area contributed by atoms with Crippen molar-refractivity contribution < 1.29 is 29.0 Å². The quantitative estimate of drug-likeness (QED) is 0.676. The second kappa shape index (κ2) is 8.98. The number of amides is 1. The van der Waals surface area contributed by atoms with Gasteiger partial charge in [0.2, 0.25) is 0 Å². The molecule has 0 fully saturated rings. The van der Waals surface area contributed by atoms with E-state index in [9.17, 15) is 14.4 Å². The molecule has 158 valence electrons. The molecule has 2 unspecified atom stereocenters. The first-order valence-electron chi connectivity index (χ1n) is 9.84. The van der Waals surface area contributed by atoms with Gasteiger partial charge in [0.25, 0.3) is 0 Å². The monoisotopic (exact) mass is 411 g/mol. The lowest BCUT2D eigenvalue weighted by molar-refractivity contribution is -0.164. The molecule has 0 saturated carbocycles. The van der Waals surface area contributed by atoms with Crippen LogP contribution >= 0.6 is 0 Å². The van der Waals surface area contributed by atoms with Crippen molar-refractivity contribution in [2.75, 3.05) is 6.61 Å². The average Bonchev–Trinajstić information content (AvgIpc) is 3.04. The maximum absolute atomic E-state index is 12.4. The molecule has 7 nitrogen and oxygen atoms in total. The van der Waals surface area contributed by atoms with Crippen LogP contribution in [0.3, 0.4) is 0 Å². The van der Waals surface area contributed by atoms with Gasteiger partial charge in [0, 0.05) is 5.92 Å². The van der Waals surface area contributed by atoms with Gasteiger partial charge in [-0.25, -0.2) is 14.4 Å². The fourth-order valence-corrected chi connectivity index (χ4v) is 3.56. The van der Waals surface area contributed by atoms with E-state index in [4.69, 9.17) is 14.6 Å². The highest BCUT2D eigenvalue weighted by atomic mass is 16.6. The number of ether oxygens (including phenoxy) is 2. The first-order valence-corrected chi connectivity index (χ1v) is 9.84. The highest BCUT2D eigenvalue weighted by Crippen LogP contribution is 2.44. The summed E-state index contributed by atoms with van der Waals surface area (Å²) in [7, 11) is 0. The van der Waals surface area contributed by atoms with Crippen molar-refractivity contribution >= 4 is 18.0 Å². The van der Waals surface area contributed by atoms with Crippen molar-refractivity contribution in [3.63, 3.8) is 0 Å². The van der Waals surface area contributed by atoms with Crippen molar-refractivity contribution in [3.05, 3.63) is 59.7 Å². The number of carbonyl (C=O) groups is 3. The Morgan fingerprint density at radius 1 is 0.967 bits per heavy atom. The van der Waals surface area contributed by atoms with Crippen LogP contribution in [0, 0.1) is 5.92 Å². The molecule has 2 aromatic rings. The average molecular weight is 411 g/mol. The number of alkyl carbamates (subject to hydrolysis) is 1. The van der Waals surface area contributed by atoms with Crippen molar-refractivity contribution in [2.45, 2.75) is 38.8 Å². The summed E-state index contributed by atoms with van der Waals surface area (Å²) in [4.78, 5) is 35.6. The van der Waals surface area contributed by atoms with E-state index in [0.29, 0.717) is 0 Å². The first kappa shape index (κ1) is 21.4. The summed E-state index contributed by atoms with van der Waals surface area (Å²) in [6.45, 7) is 4.82. The minimum absolute atomic E-state index is 0.0976. The molecule has 0 aliphatic heterocycles. The number of aliphatic carboxylic acids is 1. The van der Waals surface area contributed by atoms with E-state index < -0.39 is 30.2 Å². The molecule has 1 aliphatic carbocycles. The summed E-state index contributed by atoms with van der Waals surface area (Å²) in [5.74, 6) is -2.47. The number of carbonyl (C=O) groups excluding carboxylic acids is 2. The minimum atomic E-state index is -1.30. The molecule has 0 bridgehead atoms. The molecule has 0 saturated heterocycles. The molecule has 1 aliphatic rings. The van der Waals surface area contributed by atoms with E-state index in [1.54, 1.807) is 13.8 Å². The zero-order valence-electron chi connectivity index (χ0n) is 17.1. The molecule has 0 spiro atoms. The Kier molecular flexibility index (Phi) is 6.40. The molecule has 3 rings (SSSR count). The predicted octanol–water partition coefficient (Wildman–Crippen LogP) is 3.57. The summed E-state index contributed by atoms with van der Waals surface area (Å²) in [5.41, 5.74) is 4.41. The Labute approximate surface area is 175 Å².